The Hall–Kier alpha value is -1.26. The first kappa shape index (κ1) is 13.7. The number of hydrogen-bond donors (Lipinski definition) is 2. The number of nitrogens with one attached hydrogen (secondary N) is 1. The smallest absolute Gasteiger partial charge is 0.326 e. The largest absolute Gasteiger partial charge is 0.480 e. The number of hydrogen-bond acceptors (Lipinski definition) is 2. The molecule has 1 heterocycles. The molecule has 2 amide bonds. The lowest BCUT2D eigenvalue weighted by atomic mass is 9.91. The fourth-order valence-electron chi connectivity index (χ4n) is 3.55. The first-order valence-electron chi connectivity index (χ1n) is 7.88. The fraction of sp³-hybridized carbons (Fsp3) is 0.867. The molecule has 5 heteroatoms. The van der Waals surface area contributed by atoms with Crippen LogP contribution >= 0.6 is 0 Å². The molecule has 2 saturated carbocycles. The van der Waals surface area contributed by atoms with Crippen molar-refractivity contribution in [3.8, 4) is 0 Å². The Bertz CT molecular complexity index is 392. The quantitative estimate of drug-likeness (QED) is 0.828. The molecule has 3 aliphatic rings. The second-order valence-electron chi connectivity index (χ2n) is 6.75. The lowest BCUT2D eigenvalue weighted by Gasteiger charge is -2.38. The zero-order valence-corrected chi connectivity index (χ0v) is 12.0. The van der Waals surface area contributed by atoms with Gasteiger partial charge >= 0.3 is 12.0 Å². The maximum atomic E-state index is 12.5. The Balaban J connectivity index is 1.66. The Morgan fingerprint density at radius 2 is 1.75 bits per heavy atom. The van der Waals surface area contributed by atoms with Gasteiger partial charge in [-0.1, -0.05) is 6.92 Å². The second kappa shape index (κ2) is 5.26. The van der Waals surface area contributed by atoms with E-state index in [-0.39, 0.29) is 18.0 Å². The average Bonchev–Trinajstić information content (AvgIpc) is 3.28. The molecular formula is C15H24N2O3. The molecule has 112 valence electrons. The molecule has 1 saturated heterocycles. The number of carbonyl (C=O) groups excluding carboxylic acids is 1. The number of carbonyl (C=O) groups is 2. The van der Waals surface area contributed by atoms with E-state index in [1.54, 1.807) is 4.90 Å². The van der Waals surface area contributed by atoms with E-state index < -0.39 is 12.0 Å². The molecule has 0 spiro atoms. The van der Waals surface area contributed by atoms with Crippen molar-refractivity contribution < 1.29 is 14.7 Å². The molecule has 2 aliphatic carbocycles. The van der Waals surface area contributed by atoms with Gasteiger partial charge in [-0.05, 0) is 56.3 Å². The van der Waals surface area contributed by atoms with E-state index >= 15 is 0 Å². The number of carboxylic acids is 1. The van der Waals surface area contributed by atoms with Crippen LogP contribution in [0.5, 0.6) is 0 Å². The zero-order chi connectivity index (χ0) is 14.3. The number of amides is 2. The van der Waals surface area contributed by atoms with Gasteiger partial charge in [-0.15, -0.1) is 0 Å². The van der Waals surface area contributed by atoms with Crippen molar-refractivity contribution in [1.29, 1.82) is 0 Å². The summed E-state index contributed by atoms with van der Waals surface area (Å²) in [7, 11) is 0. The molecule has 5 nitrogen and oxygen atoms in total. The van der Waals surface area contributed by atoms with Crippen LogP contribution in [0.2, 0.25) is 0 Å². The highest BCUT2D eigenvalue weighted by Crippen LogP contribution is 2.44. The van der Waals surface area contributed by atoms with Gasteiger partial charge < -0.3 is 15.3 Å². The van der Waals surface area contributed by atoms with E-state index in [1.807, 2.05) is 6.92 Å². The van der Waals surface area contributed by atoms with Gasteiger partial charge in [0.1, 0.15) is 6.04 Å². The Labute approximate surface area is 119 Å². The summed E-state index contributed by atoms with van der Waals surface area (Å²) >= 11 is 0. The van der Waals surface area contributed by atoms with Gasteiger partial charge in [0.15, 0.2) is 0 Å². The Kier molecular flexibility index (Phi) is 3.61. The van der Waals surface area contributed by atoms with E-state index in [4.69, 9.17) is 0 Å². The van der Waals surface area contributed by atoms with Crippen molar-refractivity contribution in [1.82, 2.24) is 10.2 Å². The van der Waals surface area contributed by atoms with Crippen molar-refractivity contribution in [3.05, 3.63) is 0 Å². The van der Waals surface area contributed by atoms with Crippen molar-refractivity contribution in [2.24, 2.45) is 17.8 Å². The van der Waals surface area contributed by atoms with Crippen molar-refractivity contribution in [2.45, 2.75) is 57.5 Å². The highest BCUT2D eigenvalue weighted by molar-refractivity contribution is 5.83. The molecule has 3 fully saturated rings. The molecule has 20 heavy (non-hydrogen) atoms. The highest BCUT2D eigenvalue weighted by atomic mass is 16.4. The lowest BCUT2D eigenvalue weighted by Crippen LogP contribution is -2.57. The molecule has 3 rings (SSSR count). The van der Waals surface area contributed by atoms with E-state index in [9.17, 15) is 14.7 Å². The van der Waals surface area contributed by atoms with Crippen LogP contribution in [0.3, 0.4) is 0 Å². The van der Waals surface area contributed by atoms with Gasteiger partial charge in [-0.25, -0.2) is 9.59 Å². The first-order valence-corrected chi connectivity index (χ1v) is 7.88. The van der Waals surface area contributed by atoms with Gasteiger partial charge in [0.2, 0.25) is 0 Å². The van der Waals surface area contributed by atoms with Crippen LogP contribution in [0.4, 0.5) is 4.79 Å². The number of aliphatic carboxylic acids is 1. The second-order valence-corrected chi connectivity index (χ2v) is 6.75. The van der Waals surface area contributed by atoms with E-state index in [0.717, 1.165) is 12.8 Å². The number of piperidine rings is 1. The topological polar surface area (TPSA) is 69.6 Å². The van der Waals surface area contributed by atoms with Crippen molar-refractivity contribution in [2.75, 3.05) is 6.54 Å². The predicted molar refractivity (Wildman–Crippen MR) is 74.3 cm³/mol. The number of rotatable bonds is 4. The van der Waals surface area contributed by atoms with Crippen LogP contribution in [0.1, 0.15) is 45.4 Å². The van der Waals surface area contributed by atoms with Crippen molar-refractivity contribution >= 4 is 12.0 Å². The average molecular weight is 280 g/mol. The summed E-state index contributed by atoms with van der Waals surface area (Å²) in [6.45, 7) is 2.49. The van der Waals surface area contributed by atoms with Gasteiger partial charge in [-0.3, -0.25) is 0 Å². The lowest BCUT2D eigenvalue weighted by molar-refractivity contribution is -0.145. The zero-order valence-electron chi connectivity index (χ0n) is 12.0. The van der Waals surface area contributed by atoms with Crippen LogP contribution < -0.4 is 5.32 Å². The SMILES string of the molecule is CC1CCCN(C(=O)NC(C2CC2)C2CC2)C1C(=O)O. The third kappa shape index (κ3) is 2.76. The normalized spacial score (nSPS) is 30.4. The minimum Gasteiger partial charge on any atom is -0.480 e. The number of likely N-dealkylation sites (tertiary alicyclic amines) is 1. The molecular weight excluding hydrogens is 256 g/mol. The van der Waals surface area contributed by atoms with Crippen molar-refractivity contribution in [3.63, 3.8) is 0 Å². The summed E-state index contributed by atoms with van der Waals surface area (Å²) in [6.07, 6.45) is 6.62. The maximum Gasteiger partial charge on any atom is 0.326 e. The number of carboxylic acid groups (broad SMARTS) is 1. The summed E-state index contributed by atoms with van der Waals surface area (Å²) in [5.41, 5.74) is 0. The summed E-state index contributed by atoms with van der Waals surface area (Å²) in [4.78, 5) is 25.5. The van der Waals surface area contributed by atoms with Crippen LogP contribution in [0.15, 0.2) is 0 Å². The van der Waals surface area contributed by atoms with Gasteiger partial charge in [0, 0.05) is 12.6 Å². The fourth-order valence-corrected chi connectivity index (χ4v) is 3.55. The monoisotopic (exact) mass is 280 g/mol. The molecule has 2 atom stereocenters. The molecule has 0 radical (unpaired) electrons. The molecule has 2 unspecified atom stereocenters. The summed E-state index contributed by atoms with van der Waals surface area (Å²) in [5.74, 6) is 0.433. The van der Waals surface area contributed by atoms with E-state index in [0.29, 0.717) is 18.4 Å². The Morgan fingerprint density at radius 1 is 1.15 bits per heavy atom. The van der Waals surface area contributed by atoms with Crippen LogP contribution in [0.25, 0.3) is 0 Å². The van der Waals surface area contributed by atoms with Crippen LogP contribution in [-0.2, 0) is 4.79 Å². The first-order chi connectivity index (χ1) is 9.58. The van der Waals surface area contributed by atoms with Crippen LogP contribution in [0, 0.1) is 17.8 Å². The molecule has 0 bridgehead atoms. The molecule has 0 aromatic carbocycles. The molecule has 1 aliphatic heterocycles. The molecule has 2 N–H and O–H groups in total. The Morgan fingerprint density at radius 3 is 2.25 bits per heavy atom. The third-order valence-electron chi connectivity index (χ3n) is 5.00. The van der Waals surface area contributed by atoms with E-state index in [2.05, 4.69) is 5.32 Å². The minimum atomic E-state index is -0.873. The summed E-state index contributed by atoms with van der Waals surface area (Å²) in [5, 5.41) is 12.5. The van der Waals surface area contributed by atoms with E-state index in [1.165, 1.54) is 25.7 Å². The standard InChI is InChI=1S/C15H24N2O3/c1-9-3-2-8-17(13(9)14(18)19)15(20)16-12(10-4-5-10)11-6-7-11/h9-13H,2-8H2,1H3,(H,16,20)(H,18,19). The molecule has 0 aromatic rings. The van der Waals surface area contributed by atoms with Crippen LogP contribution in [-0.4, -0.2) is 40.6 Å². The minimum absolute atomic E-state index is 0.0345. The maximum absolute atomic E-state index is 12.5. The molecule has 0 aromatic heterocycles. The summed E-state index contributed by atoms with van der Waals surface area (Å²) < 4.78 is 0. The van der Waals surface area contributed by atoms with Gasteiger partial charge in [-0.2, -0.15) is 0 Å². The predicted octanol–water partition coefficient (Wildman–Crippen LogP) is 2.07. The highest BCUT2D eigenvalue weighted by Gasteiger charge is 2.44. The third-order valence-corrected chi connectivity index (χ3v) is 5.00. The number of urea groups is 1. The van der Waals surface area contributed by atoms with Gasteiger partial charge in [0.25, 0.3) is 0 Å². The summed E-state index contributed by atoms with van der Waals surface area (Å²) in [6, 6.07) is -0.537. The number of nitrogens with zero attached hydrogens (tertiary/aromatic N) is 1. The van der Waals surface area contributed by atoms with Gasteiger partial charge in [0.05, 0.1) is 0 Å².